The maximum atomic E-state index is 12.9. The number of hydrogen-bond donors (Lipinski definition) is 2. The highest BCUT2D eigenvalue weighted by atomic mass is 16.5. The normalized spacial score (nSPS) is 14.1. The van der Waals surface area contributed by atoms with Crippen molar-refractivity contribution in [3.8, 4) is 17.6 Å². The summed E-state index contributed by atoms with van der Waals surface area (Å²) in [7, 11) is 3.38. The van der Waals surface area contributed by atoms with Gasteiger partial charge in [-0.3, -0.25) is 19.2 Å². The number of nitrogens with zero attached hydrogens (tertiary/aromatic N) is 3. The summed E-state index contributed by atoms with van der Waals surface area (Å²) in [5.41, 5.74) is 2.31. The zero-order valence-corrected chi connectivity index (χ0v) is 23.1. The number of nitrogens with one attached hydrogen (secondary N) is 2. The summed E-state index contributed by atoms with van der Waals surface area (Å²) >= 11 is 0. The van der Waals surface area contributed by atoms with Gasteiger partial charge < -0.3 is 24.8 Å². The monoisotopic (exact) mass is 545 g/mol. The number of anilines is 1. The summed E-state index contributed by atoms with van der Waals surface area (Å²) in [6.45, 7) is 6.92. The Morgan fingerprint density at radius 3 is 2.48 bits per heavy atom. The zero-order valence-electron chi connectivity index (χ0n) is 23.1. The van der Waals surface area contributed by atoms with Crippen LogP contribution >= 0.6 is 0 Å². The van der Waals surface area contributed by atoms with E-state index in [4.69, 9.17) is 14.2 Å². The Morgan fingerprint density at radius 1 is 1.02 bits per heavy atom. The van der Waals surface area contributed by atoms with Gasteiger partial charge in [-0.15, -0.1) is 0 Å². The highest BCUT2D eigenvalue weighted by Crippen LogP contribution is 2.20. The molecule has 1 aliphatic heterocycles. The second-order valence-electron chi connectivity index (χ2n) is 9.50. The molecule has 2 amide bonds. The van der Waals surface area contributed by atoms with Gasteiger partial charge in [0.05, 0.1) is 19.8 Å². The number of hydrogen-bond acceptors (Lipinski definition) is 7. The van der Waals surface area contributed by atoms with E-state index in [1.165, 1.54) is 0 Å². The lowest BCUT2D eigenvalue weighted by Gasteiger charge is -2.26. The van der Waals surface area contributed by atoms with Crippen LogP contribution in [0.2, 0.25) is 0 Å². The van der Waals surface area contributed by atoms with Crippen LogP contribution in [0.5, 0.6) is 5.75 Å². The van der Waals surface area contributed by atoms with E-state index in [2.05, 4.69) is 32.5 Å². The lowest BCUT2D eigenvalue weighted by Crippen LogP contribution is -2.41. The van der Waals surface area contributed by atoms with Gasteiger partial charge in [-0.05, 0) is 49.4 Å². The molecule has 1 saturated heterocycles. The minimum absolute atomic E-state index is 0.119. The molecule has 1 fully saturated rings. The number of carbonyl (C=O) groups is 2. The van der Waals surface area contributed by atoms with Crippen molar-refractivity contribution in [3.63, 3.8) is 0 Å². The topological polar surface area (TPSA) is 107 Å². The lowest BCUT2D eigenvalue weighted by molar-refractivity contribution is 0.0383. The third-order valence-corrected chi connectivity index (χ3v) is 6.18. The van der Waals surface area contributed by atoms with E-state index in [1.807, 2.05) is 6.92 Å². The van der Waals surface area contributed by atoms with Crippen LogP contribution in [0.1, 0.15) is 38.8 Å². The average molecular weight is 546 g/mol. The number of ether oxygens (including phenoxy) is 3. The fourth-order valence-corrected chi connectivity index (χ4v) is 4.15. The maximum absolute atomic E-state index is 12.9. The molecule has 1 aromatic heterocycles. The predicted molar refractivity (Wildman–Crippen MR) is 152 cm³/mol. The first-order valence-corrected chi connectivity index (χ1v) is 13.2. The molecule has 0 saturated carbocycles. The number of methoxy groups -OCH3 is 1. The molecule has 40 heavy (non-hydrogen) atoms. The van der Waals surface area contributed by atoms with E-state index in [0.29, 0.717) is 41.4 Å². The number of rotatable bonds is 10. The highest BCUT2D eigenvalue weighted by molar-refractivity contribution is 6.04. The van der Waals surface area contributed by atoms with Crippen molar-refractivity contribution in [1.29, 1.82) is 0 Å². The van der Waals surface area contributed by atoms with Gasteiger partial charge in [-0.1, -0.05) is 11.8 Å². The molecule has 2 aromatic carbocycles. The number of carbonyl (C=O) groups excluding carboxylic acids is 2. The fourth-order valence-electron chi connectivity index (χ4n) is 4.15. The van der Waals surface area contributed by atoms with Crippen LogP contribution in [-0.4, -0.2) is 85.7 Å². The van der Waals surface area contributed by atoms with E-state index in [9.17, 15) is 9.59 Å². The summed E-state index contributed by atoms with van der Waals surface area (Å²) in [5.74, 6) is 6.73. The Hall–Kier alpha value is -4.17. The molecular weight excluding hydrogens is 510 g/mol. The molecule has 0 spiro atoms. The van der Waals surface area contributed by atoms with Crippen LogP contribution in [0.25, 0.3) is 0 Å². The van der Waals surface area contributed by atoms with Gasteiger partial charge in [-0.25, -0.2) is 0 Å². The van der Waals surface area contributed by atoms with Gasteiger partial charge in [0, 0.05) is 74.9 Å². The Bertz CT molecular complexity index is 1350. The van der Waals surface area contributed by atoms with E-state index in [0.717, 1.165) is 38.4 Å². The fraction of sp³-hybridized carbons (Fsp3) is 0.367. The van der Waals surface area contributed by atoms with Crippen LogP contribution in [0.3, 0.4) is 0 Å². The maximum Gasteiger partial charge on any atom is 0.257 e. The lowest BCUT2D eigenvalue weighted by atomic mass is 10.1. The second-order valence-corrected chi connectivity index (χ2v) is 9.50. The van der Waals surface area contributed by atoms with Crippen molar-refractivity contribution in [2.75, 3.05) is 58.4 Å². The zero-order chi connectivity index (χ0) is 28.3. The van der Waals surface area contributed by atoms with E-state index < -0.39 is 0 Å². The molecule has 0 aliphatic carbocycles. The van der Waals surface area contributed by atoms with Gasteiger partial charge in [0.15, 0.2) is 5.82 Å². The minimum Gasteiger partial charge on any atom is -0.488 e. The van der Waals surface area contributed by atoms with Gasteiger partial charge in [0.2, 0.25) is 0 Å². The molecule has 1 aliphatic rings. The molecule has 2 N–H and O–H groups in total. The molecule has 10 nitrogen and oxygen atoms in total. The van der Waals surface area contributed by atoms with Crippen molar-refractivity contribution in [3.05, 3.63) is 77.0 Å². The van der Waals surface area contributed by atoms with E-state index >= 15 is 0 Å². The van der Waals surface area contributed by atoms with Crippen LogP contribution < -0.4 is 15.4 Å². The van der Waals surface area contributed by atoms with Crippen molar-refractivity contribution in [2.24, 2.45) is 7.05 Å². The number of benzene rings is 2. The van der Waals surface area contributed by atoms with Crippen LogP contribution in [0.15, 0.2) is 54.7 Å². The number of aromatic nitrogens is 2. The molecule has 210 valence electrons. The van der Waals surface area contributed by atoms with Gasteiger partial charge in [0.25, 0.3) is 11.8 Å². The molecular formula is C30H35N5O5. The number of aryl methyl sites for hydroxylation is 1. The van der Waals surface area contributed by atoms with Gasteiger partial charge in [0.1, 0.15) is 11.9 Å². The summed E-state index contributed by atoms with van der Waals surface area (Å²) in [5, 5.41) is 9.96. The summed E-state index contributed by atoms with van der Waals surface area (Å²) in [6.07, 6.45) is 1.53. The Kier molecular flexibility index (Phi) is 10.3. The van der Waals surface area contributed by atoms with Gasteiger partial charge >= 0.3 is 0 Å². The Morgan fingerprint density at radius 2 is 1.77 bits per heavy atom. The predicted octanol–water partition coefficient (Wildman–Crippen LogP) is 2.55. The smallest absolute Gasteiger partial charge is 0.257 e. The molecule has 0 radical (unpaired) electrons. The molecule has 0 unspecified atom stereocenters. The van der Waals surface area contributed by atoms with Crippen molar-refractivity contribution >= 4 is 17.6 Å². The summed E-state index contributed by atoms with van der Waals surface area (Å²) < 4.78 is 18.1. The van der Waals surface area contributed by atoms with Crippen molar-refractivity contribution < 1.29 is 23.8 Å². The average Bonchev–Trinajstić information content (AvgIpc) is 3.36. The first-order chi connectivity index (χ1) is 19.4. The first kappa shape index (κ1) is 28.8. The third-order valence-electron chi connectivity index (χ3n) is 6.18. The third kappa shape index (κ3) is 8.68. The largest absolute Gasteiger partial charge is 0.488 e. The Balaban J connectivity index is 1.43. The number of morpholine rings is 1. The SMILES string of the molecule is COC[C@H](C)Oc1cc(C#Cc2ccc(C(=O)NCCN3CCOCC3)cc2)cc(C(=O)Nc2ccn(C)n2)c1. The number of amides is 2. The van der Waals surface area contributed by atoms with Crippen molar-refractivity contribution in [1.82, 2.24) is 20.0 Å². The quantitative estimate of drug-likeness (QED) is 0.377. The van der Waals surface area contributed by atoms with Crippen molar-refractivity contribution in [2.45, 2.75) is 13.0 Å². The molecule has 3 aromatic rings. The molecule has 0 bridgehead atoms. The minimum atomic E-state index is -0.324. The first-order valence-electron chi connectivity index (χ1n) is 13.2. The van der Waals surface area contributed by atoms with E-state index in [1.54, 1.807) is 73.6 Å². The van der Waals surface area contributed by atoms with E-state index in [-0.39, 0.29) is 17.9 Å². The van der Waals surface area contributed by atoms with Crippen LogP contribution in [0.4, 0.5) is 5.82 Å². The molecule has 10 heteroatoms. The van der Waals surface area contributed by atoms with Gasteiger partial charge in [-0.2, -0.15) is 5.10 Å². The second kappa shape index (κ2) is 14.3. The summed E-state index contributed by atoms with van der Waals surface area (Å²) in [4.78, 5) is 27.7. The molecule has 2 heterocycles. The van der Waals surface area contributed by atoms with Crippen LogP contribution in [-0.2, 0) is 16.5 Å². The Labute approximate surface area is 234 Å². The highest BCUT2D eigenvalue weighted by Gasteiger charge is 2.13. The molecule has 1 atom stereocenters. The van der Waals surface area contributed by atoms with Crippen LogP contribution in [0, 0.1) is 11.8 Å². The summed E-state index contributed by atoms with van der Waals surface area (Å²) in [6, 6.07) is 14.0. The molecule has 4 rings (SSSR count). The standard InChI is InChI=1S/C30H35N5O5/c1-22(21-38-3)40-27-19-24(18-26(20-27)30(37)32-28-10-12-34(2)33-28)5-4-23-6-8-25(9-7-23)29(36)31-11-13-35-14-16-39-17-15-35/h6-10,12,18-20,22H,11,13-17,21H2,1-3H3,(H,31,36)(H,32,33,37)/t22-/m0/s1.